The minimum atomic E-state index is -0.170. The smallest absolute Gasteiger partial charge is 0.137 e. The topological polar surface area (TPSA) is 15.3 Å². The van der Waals surface area contributed by atoms with Gasteiger partial charge in [0.1, 0.15) is 5.82 Å². The van der Waals surface area contributed by atoms with Crippen LogP contribution in [0.5, 0.6) is 0 Å². The van der Waals surface area contributed by atoms with Crippen LogP contribution in [0.15, 0.2) is 22.7 Å². The molecule has 1 aliphatic rings. The van der Waals surface area contributed by atoms with E-state index in [1.165, 1.54) is 12.8 Å². The van der Waals surface area contributed by atoms with Crippen molar-refractivity contribution in [3.8, 4) is 0 Å². The molecule has 108 valence electrons. The predicted molar refractivity (Wildman–Crippen MR) is 83.3 cm³/mol. The Balaban J connectivity index is 0.00000180. The van der Waals surface area contributed by atoms with Crippen molar-refractivity contribution < 1.29 is 4.39 Å². The zero-order chi connectivity index (χ0) is 13.0. The molecule has 0 amide bonds. The molecule has 1 aliphatic heterocycles. The molecule has 1 unspecified atom stereocenters. The van der Waals surface area contributed by atoms with E-state index < -0.39 is 0 Å². The Hall–Kier alpha value is -0.160. The van der Waals surface area contributed by atoms with E-state index >= 15 is 0 Å². The van der Waals surface area contributed by atoms with Gasteiger partial charge in [0.15, 0.2) is 0 Å². The summed E-state index contributed by atoms with van der Waals surface area (Å²) >= 11 is 3.19. The molecule has 1 heterocycles. The fourth-order valence-corrected chi connectivity index (χ4v) is 2.89. The van der Waals surface area contributed by atoms with Gasteiger partial charge in [-0.25, -0.2) is 4.39 Å². The van der Waals surface area contributed by atoms with Crippen LogP contribution in [0.2, 0.25) is 0 Å². The number of nitrogens with one attached hydrogen (secondary N) is 1. The molecule has 2 nitrogen and oxygen atoms in total. The normalized spacial score (nSPS) is 20.1. The Bertz CT molecular complexity index is 401. The largest absolute Gasteiger partial charge is 0.319 e. The second-order valence-electron chi connectivity index (χ2n) is 5.05. The van der Waals surface area contributed by atoms with Crippen LogP contribution in [0, 0.1) is 11.7 Å². The summed E-state index contributed by atoms with van der Waals surface area (Å²) in [6.07, 6.45) is 2.54. The fraction of sp³-hybridized carbons (Fsp3) is 0.571. The van der Waals surface area contributed by atoms with Crippen LogP contribution in [0.1, 0.15) is 18.4 Å². The molecule has 0 radical (unpaired) electrons. The fourth-order valence-electron chi connectivity index (χ4n) is 2.65. The van der Waals surface area contributed by atoms with Gasteiger partial charge in [0.25, 0.3) is 0 Å². The van der Waals surface area contributed by atoms with Gasteiger partial charge >= 0.3 is 0 Å². The van der Waals surface area contributed by atoms with Crippen molar-refractivity contribution in [2.75, 3.05) is 26.7 Å². The monoisotopic (exact) mass is 350 g/mol. The molecule has 0 aliphatic carbocycles. The summed E-state index contributed by atoms with van der Waals surface area (Å²) in [6, 6.07) is 5.42. The van der Waals surface area contributed by atoms with Gasteiger partial charge in [-0.05, 0) is 72.5 Å². The molecule has 1 saturated heterocycles. The second-order valence-corrected chi connectivity index (χ2v) is 5.90. The van der Waals surface area contributed by atoms with E-state index in [4.69, 9.17) is 0 Å². The van der Waals surface area contributed by atoms with Gasteiger partial charge in [-0.15, -0.1) is 12.4 Å². The maximum absolute atomic E-state index is 13.5. The summed E-state index contributed by atoms with van der Waals surface area (Å²) in [4.78, 5) is 2.42. The summed E-state index contributed by atoms with van der Waals surface area (Å²) in [7, 11) is 2.00. The molecule has 1 fully saturated rings. The lowest BCUT2D eigenvalue weighted by Gasteiger charge is -2.32. The molecule has 19 heavy (non-hydrogen) atoms. The third-order valence-corrected chi connectivity index (χ3v) is 4.13. The van der Waals surface area contributed by atoms with Crippen LogP contribution in [0.3, 0.4) is 0 Å². The SMILES string of the molecule is CNCC1CCCN(Cc2ccc(Br)c(F)c2)C1.Cl. The first kappa shape index (κ1) is 16.9. The number of rotatable bonds is 4. The second kappa shape index (κ2) is 8.20. The van der Waals surface area contributed by atoms with E-state index in [1.807, 2.05) is 13.1 Å². The lowest BCUT2D eigenvalue weighted by atomic mass is 9.97. The van der Waals surface area contributed by atoms with E-state index in [9.17, 15) is 4.39 Å². The molecule has 0 spiro atoms. The first-order chi connectivity index (χ1) is 8.69. The predicted octanol–water partition coefficient (Wildman–Crippen LogP) is 3.44. The summed E-state index contributed by atoms with van der Waals surface area (Å²) in [5, 5.41) is 3.25. The highest BCUT2D eigenvalue weighted by atomic mass is 79.9. The highest BCUT2D eigenvalue weighted by Gasteiger charge is 2.19. The van der Waals surface area contributed by atoms with Crippen LogP contribution in [-0.2, 0) is 6.54 Å². The van der Waals surface area contributed by atoms with Gasteiger partial charge in [-0.1, -0.05) is 6.07 Å². The molecule has 0 aromatic heterocycles. The van der Waals surface area contributed by atoms with Crippen molar-refractivity contribution in [2.45, 2.75) is 19.4 Å². The molecule has 0 bridgehead atoms. The summed E-state index contributed by atoms with van der Waals surface area (Å²) in [5.74, 6) is 0.556. The third kappa shape index (κ3) is 5.03. The molecular formula is C14H21BrClFN2. The lowest BCUT2D eigenvalue weighted by Crippen LogP contribution is -2.38. The van der Waals surface area contributed by atoms with Crippen molar-refractivity contribution in [1.82, 2.24) is 10.2 Å². The number of hydrogen-bond donors (Lipinski definition) is 1. The van der Waals surface area contributed by atoms with E-state index in [1.54, 1.807) is 12.1 Å². The summed E-state index contributed by atoms with van der Waals surface area (Å²) < 4.78 is 14.0. The Morgan fingerprint density at radius 2 is 2.26 bits per heavy atom. The molecule has 1 N–H and O–H groups in total. The van der Waals surface area contributed by atoms with Crippen molar-refractivity contribution in [3.63, 3.8) is 0 Å². The molecule has 1 aromatic rings. The van der Waals surface area contributed by atoms with E-state index in [0.717, 1.165) is 37.7 Å². The summed E-state index contributed by atoms with van der Waals surface area (Å²) in [5.41, 5.74) is 1.06. The number of hydrogen-bond acceptors (Lipinski definition) is 2. The molecule has 1 aromatic carbocycles. The molecule has 2 rings (SSSR count). The summed E-state index contributed by atoms with van der Waals surface area (Å²) in [6.45, 7) is 4.16. The van der Waals surface area contributed by atoms with Crippen molar-refractivity contribution >= 4 is 28.3 Å². The lowest BCUT2D eigenvalue weighted by molar-refractivity contribution is 0.166. The Kier molecular flexibility index (Phi) is 7.29. The number of benzene rings is 1. The molecule has 1 atom stereocenters. The van der Waals surface area contributed by atoms with Gasteiger partial charge < -0.3 is 5.32 Å². The molecular weight excluding hydrogens is 331 g/mol. The average molecular weight is 352 g/mol. The van der Waals surface area contributed by atoms with Crippen molar-refractivity contribution in [2.24, 2.45) is 5.92 Å². The van der Waals surface area contributed by atoms with Crippen LogP contribution in [0.4, 0.5) is 4.39 Å². The van der Waals surface area contributed by atoms with E-state index in [2.05, 4.69) is 26.1 Å². The number of nitrogens with zero attached hydrogens (tertiary/aromatic N) is 1. The van der Waals surface area contributed by atoms with Gasteiger partial charge in [-0.2, -0.15) is 0 Å². The first-order valence-corrected chi connectivity index (χ1v) is 7.29. The third-order valence-electron chi connectivity index (χ3n) is 3.49. The van der Waals surface area contributed by atoms with Crippen molar-refractivity contribution in [3.05, 3.63) is 34.1 Å². The van der Waals surface area contributed by atoms with Gasteiger partial charge in [0, 0.05) is 13.1 Å². The number of piperidine rings is 1. The zero-order valence-corrected chi connectivity index (χ0v) is 13.6. The minimum absolute atomic E-state index is 0. The maximum atomic E-state index is 13.5. The van der Waals surface area contributed by atoms with E-state index in [0.29, 0.717) is 4.47 Å². The standard InChI is InChI=1S/C14H20BrFN2.ClH/c1-17-8-12-3-2-6-18(10-12)9-11-4-5-13(15)14(16)7-11;/h4-5,7,12,17H,2-3,6,8-10H2,1H3;1H. The number of halogens is 3. The van der Waals surface area contributed by atoms with Gasteiger partial charge in [0.05, 0.1) is 4.47 Å². The Labute approximate surface area is 129 Å². The van der Waals surface area contributed by atoms with E-state index in [-0.39, 0.29) is 18.2 Å². The van der Waals surface area contributed by atoms with Crippen LogP contribution < -0.4 is 5.32 Å². The minimum Gasteiger partial charge on any atom is -0.319 e. The average Bonchev–Trinajstić information content (AvgIpc) is 2.35. The van der Waals surface area contributed by atoms with Crippen LogP contribution >= 0.6 is 28.3 Å². The Morgan fingerprint density at radius 1 is 1.47 bits per heavy atom. The van der Waals surface area contributed by atoms with Gasteiger partial charge in [-0.3, -0.25) is 4.90 Å². The van der Waals surface area contributed by atoms with Gasteiger partial charge in [0.2, 0.25) is 0 Å². The Morgan fingerprint density at radius 3 is 2.95 bits per heavy atom. The first-order valence-electron chi connectivity index (χ1n) is 6.50. The maximum Gasteiger partial charge on any atom is 0.137 e. The zero-order valence-electron chi connectivity index (χ0n) is 11.2. The molecule has 0 saturated carbocycles. The van der Waals surface area contributed by atoms with Crippen molar-refractivity contribution in [1.29, 1.82) is 0 Å². The quantitative estimate of drug-likeness (QED) is 0.894. The van der Waals surface area contributed by atoms with Crippen LogP contribution in [-0.4, -0.2) is 31.6 Å². The molecule has 5 heteroatoms. The van der Waals surface area contributed by atoms with Crippen LogP contribution in [0.25, 0.3) is 0 Å². The highest BCUT2D eigenvalue weighted by Crippen LogP contribution is 2.20. The highest BCUT2D eigenvalue weighted by molar-refractivity contribution is 9.10. The number of likely N-dealkylation sites (tertiary alicyclic amines) is 1.